The number of nitrogens with zero attached hydrogens (tertiary/aromatic N) is 2. The summed E-state index contributed by atoms with van der Waals surface area (Å²) < 4.78 is 3.22. The van der Waals surface area contributed by atoms with E-state index in [1.54, 1.807) is 0 Å². The molecular formula is C13H24BrN3S. The first kappa shape index (κ1) is 16.1. The molecule has 0 aromatic carbocycles. The van der Waals surface area contributed by atoms with Crippen molar-refractivity contribution in [2.24, 2.45) is 0 Å². The van der Waals surface area contributed by atoms with Crippen molar-refractivity contribution in [3.05, 3.63) is 16.4 Å². The Labute approximate surface area is 123 Å². The third-order valence-corrected chi connectivity index (χ3v) is 5.11. The van der Waals surface area contributed by atoms with Crippen LogP contribution < -0.4 is 5.32 Å². The maximum atomic E-state index is 4.44. The van der Waals surface area contributed by atoms with Crippen LogP contribution in [0.5, 0.6) is 0 Å². The zero-order valence-corrected chi connectivity index (χ0v) is 14.1. The molecule has 0 aliphatic heterocycles. The molecule has 0 spiro atoms. The molecular weight excluding hydrogens is 310 g/mol. The Hall–Kier alpha value is -0.0000000000000000763. The van der Waals surface area contributed by atoms with Crippen molar-refractivity contribution >= 4 is 27.7 Å². The van der Waals surface area contributed by atoms with Gasteiger partial charge in [0.2, 0.25) is 0 Å². The second-order valence-corrected chi connectivity index (χ2v) is 6.82. The van der Waals surface area contributed by atoms with Crippen LogP contribution in [0, 0.1) is 0 Å². The van der Waals surface area contributed by atoms with E-state index >= 15 is 0 Å². The number of hydrogen-bond donors (Lipinski definition) is 1. The van der Waals surface area contributed by atoms with E-state index in [4.69, 9.17) is 0 Å². The summed E-state index contributed by atoms with van der Waals surface area (Å²) in [5.74, 6) is 1.08. The van der Waals surface area contributed by atoms with Crippen LogP contribution >= 0.6 is 27.7 Å². The standard InChI is InChI=1S/C13H24BrN3S/c1-5-7-17-13(11(14)8-16-17)12(15-4)9-18-10(3)6-2/h8,10,12,15H,5-7,9H2,1-4H3. The SMILES string of the molecule is CCCn1ncc(Br)c1C(CSC(C)CC)NC. The molecule has 0 fully saturated rings. The highest BCUT2D eigenvalue weighted by molar-refractivity contribution is 9.10. The molecule has 1 heterocycles. The van der Waals surface area contributed by atoms with Gasteiger partial charge in [-0.2, -0.15) is 16.9 Å². The van der Waals surface area contributed by atoms with Crippen LogP contribution in [-0.4, -0.2) is 27.8 Å². The maximum Gasteiger partial charge on any atom is 0.0704 e. The van der Waals surface area contributed by atoms with Crippen molar-refractivity contribution in [3.8, 4) is 0 Å². The normalized spacial score (nSPS) is 14.7. The Morgan fingerprint density at radius 3 is 2.78 bits per heavy atom. The van der Waals surface area contributed by atoms with E-state index in [0.29, 0.717) is 11.3 Å². The van der Waals surface area contributed by atoms with Gasteiger partial charge in [-0.3, -0.25) is 4.68 Å². The zero-order valence-electron chi connectivity index (χ0n) is 11.7. The smallest absolute Gasteiger partial charge is 0.0704 e. The second-order valence-electron chi connectivity index (χ2n) is 4.49. The summed E-state index contributed by atoms with van der Waals surface area (Å²) in [6.45, 7) is 7.69. The van der Waals surface area contributed by atoms with Gasteiger partial charge in [-0.1, -0.05) is 20.8 Å². The highest BCUT2D eigenvalue weighted by atomic mass is 79.9. The van der Waals surface area contributed by atoms with Crippen LogP contribution in [-0.2, 0) is 6.54 Å². The van der Waals surface area contributed by atoms with E-state index in [9.17, 15) is 0 Å². The molecule has 1 N–H and O–H groups in total. The number of hydrogen-bond acceptors (Lipinski definition) is 3. The number of halogens is 1. The first-order valence-electron chi connectivity index (χ1n) is 6.64. The summed E-state index contributed by atoms with van der Waals surface area (Å²) in [4.78, 5) is 0. The van der Waals surface area contributed by atoms with E-state index in [0.717, 1.165) is 23.2 Å². The van der Waals surface area contributed by atoms with Gasteiger partial charge in [0.1, 0.15) is 0 Å². The predicted molar refractivity (Wildman–Crippen MR) is 84.2 cm³/mol. The Balaban J connectivity index is 2.77. The Morgan fingerprint density at radius 1 is 1.50 bits per heavy atom. The molecule has 0 radical (unpaired) electrons. The summed E-state index contributed by atoms with van der Waals surface area (Å²) in [7, 11) is 2.03. The molecule has 2 atom stereocenters. The van der Waals surface area contributed by atoms with Gasteiger partial charge in [0.25, 0.3) is 0 Å². The lowest BCUT2D eigenvalue weighted by atomic mass is 10.2. The van der Waals surface area contributed by atoms with E-state index < -0.39 is 0 Å². The summed E-state index contributed by atoms with van der Waals surface area (Å²) in [6, 6.07) is 0.354. The Kier molecular flexibility index (Phi) is 7.34. The minimum absolute atomic E-state index is 0.354. The average molecular weight is 334 g/mol. The summed E-state index contributed by atoms with van der Waals surface area (Å²) in [6.07, 6.45) is 4.23. The fourth-order valence-corrected chi connectivity index (χ4v) is 3.44. The summed E-state index contributed by atoms with van der Waals surface area (Å²) in [5.41, 5.74) is 1.27. The van der Waals surface area contributed by atoms with Crippen LogP contribution in [0.2, 0.25) is 0 Å². The molecule has 3 nitrogen and oxygen atoms in total. The summed E-state index contributed by atoms with van der Waals surface area (Å²) in [5, 5.41) is 8.56. The van der Waals surface area contributed by atoms with E-state index in [1.807, 2.05) is 25.0 Å². The monoisotopic (exact) mass is 333 g/mol. The lowest BCUT2D eigenvalue weighted by Gasteiger charge is -2.20. The minimum Gasteiger partial charge on any atom is -0.311 e. The fourth-order valence-electron chi connectivity index (χ4n) is 1.79. The number of nitrogens with one attached hydrogen (secondary N) is 1. The van der Waals surface area contributed by atoms with Gasteiger partial charge < -0.3 is 5.32 Å². The van der Waals surface area contributed by atoms with Crippen LogP contribution in [0.25, 0.3) is 0 Å². The van der Waals surface area contributed by atoms with Gasteiger partial charge in [-0.25, -0.2) is 0 Å². The maximum absolute atomic E-state index is 4.44. The van der Waals surface area contributed by atoms with Crippen molar-refractivity contribution in [1.29, 1.82) is 0 Å². The van der Waals surface area contributed by atoms with Crippen LogP contribution in [0.15, 0.2) is 10.7 Å². The van der Waals surface area contributed by atoms with Crippen molar-refractivity contribution in [3.63, 3.8) is 0 Å². The molecule has 0 aliphatic rings. The third kappa shape index (κ3) is 4.28. The summed E-state index contributed by atoms with van der Waals surface area (Å²) >= 11 is 5.64. The molecule has 2 unspecified atom stereocenters. The number of thioether (sulfide) groups is 1. The molecule has 0 bridgehead atoms. The fraction of sp³-hybridized carbons (Fsp3) is 0.769. The molecule has 0 aliphatic carbocycles. The lowest BCUT2D eigenvalue weighted by molar-refractivity contribution is 0.522. The van der Waals surface area contributed by atoms with Crippen LogP contribution in [0.4, 0.5) is 0 Å². The Bertz CT molecular complexity index is 354. The average Bonchev–Trinajstić information content (AvgIpc) is 2.72. The molecule has 0 saturated heterocycles. The van der Waals surface area contributed by atoms with Crippen molar-refractivity contribution in [2.75, 3.05) is 12.8 Å². The van der Waals surface area contributed by atoms with Gasteiger partial charge in [-0.15, -0.1) is 0 Å². The predicted octanol–water partition coefficient (Wildman–Crippen LogP) is 3.85. The van der Waals surface area contributed by atoms with E-state index in [1.165, 1.54) is 12.1 Å². The molecule has 1 aromatic heterocycles. The Morgan fingerprint density at radius 2 is 2.22 bits per heavy atom. The van der Waals surface area contributed by atoms with Crippen molar-refractivity contribution in [1.82, 2.24) is 15.1 Å². The second kappa shape index (κ2) is 8.23. The van der Waals surface area contributed by atoms with Gasteiger partial charge in [0.15, 0.2) is 0 Å². The first-order valence-corrected chi connectivity index (χ1v) is 8.48. The molecule has 1 aromatic rings. The zero-order chi connectivity index (χ0) is 13.5. The van der Waals surface area contributed by atoms with Gasteiger partial charge >= 0.3 is 0 Å². The van der Waals surface area contributed by atoms with Gasteiger partial charge in [-0.05, 0) is 35.8 Å². The largest absolute Gasteiger partial charge is 0.311 e. The lowest BCUT2D eigenvalue weighted by Crippen LogP contribution is -2.23. The highest BCUT2D eigenvalue weighted by Crippen LogP contribution is 2.28. The first-order chi connectivity index (χ1) is 8.63. The van der Waals surface area contributed by atoms with E-state index in [-0.39, 0.29) is 0 Å². The molecule has 1 rings (SSSR count). The molecule has 5 heteroatoms. The molecule has 0 saturated carbocycles. The van der Waals surface area contributed by atoms with Crippen molar-refractivity contribution < 1.29 is 0 Å². The number of aromatic nitrogens is 2. The molecule has 104 valence electrons. The van der Waals surface area contributed by atoms with E-state index in [2.05, 4.69) is 51.8 Å². The number of rotatable bonds is 8. The van der Waals surface area contributed by atoms with Crippen LogP contribution in [0.3, 0.4) is 0 Å². The van der Waals surface area contributed by atoms with Crippen molar-refractivity contribution in [2.45, 2.75) is 51.4 Å². The van der Waals surface area contributed by atoms with Gasteiger partial charge in [0, 0.05) is 17.5 Å². The molecule has 0 amide bonds. The molecule has 18 heavy (non-hydrogen) atoms. The number of aryl methyl sites for hydroxylation is 1. The minimum atomic E-state index is 0.354. The van der Waals surface area contributed by atoms with Gasteiger partial charge in [0.05, 0.1) is 22.4 Å². The van der Waals surface area contributed by atoms with Crippen LogP contribution in [0.1, 0.15) is 45.3 Å². The third-order valence-electron chi connectivity index (χ3n) is 3.07. The quantitative estimate of drug-likeness (QED) is 0.783. The topological polar surface area (TPSA) is 29.9 Å². The highest BCUT2D eigenvalue weighted by Gasteiger charge is 2.19.